The molecule has 21 nitrogen and oxygen atoms in total. The number of carbonyl (C=O) groups excluding carboxylic acids is 7. The van der Waals surface area contributed by atoms with Crippen LogP contribution in [0.15, 0.2) is 35.5 Å². The summed E-state index contributed by atoms with van der Waals surface area (Å²) in [7, 11) is 0. The molecular formula is C34H52N12O9. The van der Waals surface area contributed by atoms with E-state index in [4.69, 9.17) is 28.7 Å². The molecule has 7 amide bonds. The Bertz CT molecular complexity index is 1720. The molecule has 0 saturated carbocycles. The molecule has 302 valence electrons. The van der Waals surface area contributed by atoms with Gasteiger partial charge in [-0.2, -0.15) is 0 Å². The molecule has 2 aromatic rings. The molecule has 1 aromatic carbocycles. The smallest absolute Gasteiger partial charge is 0.326 e. The van der Waals surface area contributed by atoms with Gasteiger partial charge in [-0.05, 0) is 43.2 Å². The highest BCUT2D eigenvalue weighted by Crippen LogP contribution is 2.19. The van der Waals surface area contributed by atoms with Crippen LogP contribution < -0.4 is 55.3 Å². The SMILES string of the molecule is CC(C)C[C@H](N)C(=O)N[C@@H](Cc1c[nH]c2ccccc12)C(=O)N[C@@H](CC(N)=O)C(=O)N[C@@H](CCC(N)=O)C(=O)NCC(=O)N[C@@H](CCCN=C(N)N)C(=O)O. The number of H-pyrrole nitrogens is 1. The molecule has 0 spiro atoms. The standard InChI is InChI=1S/C34H52N12O9/c1-17(2)12-20(35)29(50)45-24(13-18-15-41-21-7-4-3-6-19(18)21)31(52)46-25(14-27(37)48)32(53)44-22(9-10-26(36)47)30(51)42-16-28(49)43-23(33(54)55)8-5-11-40-34(38)39/h3-4,6-7,15,17,20,22-25,41H,5,8-14,16,35H2,1-2H3,(H2,36,47)(H2,37,48)(H,42,51)(H,43,49)(H,44,53)(H,45,50)(H,46,52)(H,54,55)(H4,38,39,40)/t20-,22-,23-,24-,25-/m0/s1. The van der Waals surface area contributed by atoms with Crippen molar-refractivity contribution >= 4 is 64.2 Å². The molecule has 55 heavy (non-hydrogen) atoms. The first-order valence-electron chi connectivity index (χ1n) is 17.5. The van der Waals surface area contributed by atoms with E-state index < -0.39 is 96.9 Å². The van der Waals surface area contributed by atoms with E-state index in [0.717, 1.165) is 10.9 Å². The number of carboxylic acid groups (broad SMARTS) is 1. The van der Waals surface area contributed by atoms with Crippen LogP contribution in [0.3, 0.4) is 0 Å². The molecule has 2 rings (SSSR count). The minimum atomic E-state index is -1.67. The fourth-order valence-electron chi connectivity index (χ4n) is 5.43. The van der Waals surface area contributed by atoms with Gasteiger partial charge in [0.2, 0.25) is 41.4 Å². The number of rotatable bonds is 24. The van der Waals surface area contributed by atoms with Crippen molar-refractivity contribution in [1.29, 1.82) is 0 Å². The molecule has 0 saturated heterocycles. The number of hydrogen-bond acceptors (Lipinski definition) is 10. The third kappa shape index (κ3) is 16.1. The van der Waals surface area contributed by atoms with E-state index in [9.17, 15) is 43.5 Å². The number of para-hydroxylation sites is 1. The zero-order valence-corrected chi connectivity index (χ0v) is 30.8. The first-order chi connectivity index (χ1) is 25.9. The second-order valence-electron chi connectivity index (χ2n) is 13.3. The molecule has 0 aliphatic rings. The molecule has 0 fully saturated rings. The second-order valence-corrected chi connectivity index (χ2v) is 13.3. The number of aromatic amines is 1. The minimum absolute atomic E-state index is 0.0346. The number of guanidine groups is 1. The number of hydrogen-bond donors (Lipinski definition) is 12. The van der Waals surface area contributed by atoms with Crippen molar-refractivity contribution in [1.82, 2.24) is 31.6 Å². The van der Waals surface area contributed by atoms with Crippen LogP contribution in [0.5, 0.6) is 0 Å². The summed E-state index contributed by atoms with van der Waals surface area (Å²) >= 11 is 0. The van der Waals surface area contributed by atoms with Gasteiger partial charge in [-0.15, -0.1) is 0 Å². The van der Waals surface area contributed by atoms with Crippen LogP contribution in [-0.2, 0) is 44.8 Å². The number of aromatic nitrogens is 1. The average Bonchev–Trinajstić information content (AvgIpc) is 3.51. The van der Waals surface area contributed by atoms with Gasteiger partial charge in [-0.3, -0.25) is 38.6 Å². The summed E-state index contributed by atoms with van der Waals surface area (Å²) in [5, 5.41) is 22.2. The summed E-state index contributed by atoms with van der Waals surface area (Å²) in [5.41, 5.74) is 28.7. The van der Waals surface area contributed by atoms with Crippen molar-refractivity contribution < 1.29 is 43.5 Å². The van der Waals surface area contributed by atoms with Gasteiger partial charge in [0.1, 0.15) is 24.2 Å². The highest BCUT2D eigenvalue weighted by Gasteiger charge is 2.32. The van der Waals surface area contributed by atoms with E-state index in [2.05, 4.69) is 36.6 Å². The maximum absolute atomic E-state index is 13.8. The molecule has 17 N–H and O–H groups in total. The number of primary amides is 2. The fraction of sp³-hybridized carbons (Fsp3) is 0.500. The zero-order valence-electron chi connectivity index (χ0n) is 30.8. The topological polar surface area (TPSA) is 375 Å². The first kappa shape index (κ1) is 44.9. The summed E-state index contributed by atoms with van der Waals surface area (Å²) < 4.78 is 0. The van der Waals surface area contributed by atoms with Gasteiger partial charge in [-0.1, -0.05) is 32.0 Å². The van der Waals surface area contributed by atoms with Gasteiger partial charge >= 0.3 is 5.97 Å². The summed E-state index contributed by atoms with van der Waals surface area (Å²) in [5.74, 6) is -7.74. The third-order valence-corrected chi connectivity index (χ3v) is 8.15. The van der Waals surface area contributed by atoms with E-state index >= 15 is 0 Å². The molecular weight excluding hydrogens is 720 g/mol. The van der Waals surface area contributed by atoms with Crippen molar-refractivity contribution in [3.05, 3.63) is 36.0 Å². The number of aliphatic carboxylic acids is 1. The fourth-order valence-corrected chi connectivity index (χ4v) is 5.43. The minimum Gasteiger partial charge on any atom is -0.480 e. The second kappa shape index (κ2) is 22.1. The van der Waals surface area contributed by atoms with E-state index in [1.54, 1.807) is 12.3 Å². The molecule has 1 aromatic heterocycles. The van der Waals surface area contributed by atoms with Crippen molar-refractivity contribution in [2.45, 2.75) is 89.0 Å². The van der Waals surface area contributed by atoms with Crippen LogP contribution in [0.25, 0.3) is 10.9 Å². The van der Waals surface area contributed by atoms with Crippen molar-refractivity contribution in [3.63, 3.8) is 0 Å². The summed E-state index contributed by atoms with van der Waals surface area (Å²) in [6.45, 7) is 3.13. The molecule has 0 bridgehead atoms. The Morgan fingerprint density at radius 2 is 1.42 bits per heavy atom. The van der Waals surface area contributed by atoms with E-state index in [1.165, 1.54) is 0 Å². The van der Waals surface area contributed by atoms with E-state index in [0.29, 0.717) is 12.0 Å². The maximum atomic E-state index is 13.8. The zero-order chi connectivity index (χ0) is 41.2. The lowest BCUT2D eigenvalue weighted by Gasteiger charge is -2.25. The molecule has 0 aliphatic heterocycles. The van der Waals surface area contributed by atoms with Crippen LogP contribution in [0, 0.1) is 5.92 Å². The molecule has 0 radical (unpaired) electrons. The number of nitrogens with one attached hydrogen (secondary N) is 6. The third-order valence-electron chi connectivity index (χ3n) is 8.15. The van der Waals surface area contributed by atoms with Gasteiger partial charge in [0.25, 0.3) is 0 Å². The average molecular weight is 773 g/mol. The molecule has 5 atom stereocenters. The van der Waals surface area contributed by atoms with Crippen LogP contribution in [-0.4, -0.2) is 107 Å². The first-order valence-corrected chi connectivity index (χ1v) is 17.5. The highest BCUT2D eigenvalue weighted by molar-refractivity contribution is 5.98. The lowest BCUT2D eigenvalue weighted by Crippen LogP contribution is -2.59. The quantitative estimate of drug-likeness (QED) is 0.0280. The Morgan fingerprint density at radius 3 is 2.04 bits per heavy atom. The summed E-state index contributed by atoms with van der Waals surface area (Å²) in [6, 6.07) is 0.469. The van der Waals surface area contributed by atoms with Crippen LogP contribution in [0.2, 0.25) is 0 Å². The lowest BCUT2D eigenvalue weighted by atomic mass is 10.0. The monoisotopic (exact) mass is 772 g/mol. The van der Waals surface area contributed by atoms with Gasteiger partial charge in [-0.25, -0.2) is 4.79 Å². The Balaban J connectivity index is 2.24. The number of carbonyl (C=O) groups is 8. The highest BCUT2D eigenvalue weighted by atomic mass is 16.4. The van der Waals surface area contributed by atoms with Crippen LogP contribution in [0.4, 0.5) is 0 Å². The van der Waals surface area contributed by atoms with Crippen molar-refractivity contribution in [3.8, 4) is 0 Å². The largest absolute Gasteiger partial charge is 0.480 e. The van der Waals surface area contributed by atoms with Gasteiger partial charge in [0.05, 0.1) is 19.0 Å². The number of carboxylic acids is 1. The Hall–Kier alpha value is -6.25. The van der Waals surface area contributed by atoms with Gasteiger partial charge in [0.15, 0.2) is 5.96 Å². The van der Waals surface area contributed by atoms with E-state index in [-0.39, 0.29) is 44.1 Å². The number of fused-ring (bicyclic) bond motifs is 1. The van der Waals surface area contributed by atoms with E-state index in [1.807, 2.05) is 32.0 Å². The van der Waals surface area contributed by atoms with Crippen molar-refractivity contribution in [2.24, 2.45) is 39.6 Å². The summed E-state index contributed by atoms with van der Waals surface area (Å²) in [4.78, 5) is 108. The maximum Gasteiger partial charge on any atom is 0.326 e. The lowest BCUT2D eigenvalue weighted by molar-refractivity contribution is -0.142. The Labute approximate surface area is 316 Å². The summed E-state index contributed by atoms with van der Waals surface area (Å²) in [6.07, 6.45) is 0.622. The predicted molar refractivity (Wildman–Crippen MR) is 200 cm³/mol. The number of amides is 7. The molecule has 0 unspecified atom stereocenters. The Kier molecular flexibility index (Phi) is 18.0. The molecule has 1 heterocycles. The van der Waals surface area contributed by atoms with Crippen molar-refractivity contribution in [2.75, 3.05) is 13.1 Å². The number of benzene rings is 1. The van der Waals surface area contributed by atoms with Gasteiger partial charge in [0, 0.05) is 36.5 Å². The Morgan fingerprint density at radius 1 is 0.782 bits per heavy atom. The van der Waals surface area contributed by atoms with Crippen LogP contribution >= 0.6 is 0 Å². The van der Waals surface area contributed by atoms with Crippen LogP contribution in [0.1, 0.15) is 57.9 Å². The molecule has 21 heteroatoms. The number of nitrogens with two attached hydrogens (primary N) is 5. The molecule has 0 aliphatic carbocycles. The normalized spacial score (nSPS) is 13.7. The predicted octanol–water partition coefficient (Wildman–Crippen LogP) is -3.58. The number of nitrogens with zero attached hydrogens (tertiary/aromatic N) is 1. The van der Waals surface area contributed by atoms with Gasteiger partial charge < -0.3 is 65.3 Å². The number of aliphatic imine (C=N–C) groups is 1.